The molecule has 0 spiro atoms. The van der Waals surface area contributed by atoms with Crippen molar-refractivity contribution in [2.24, 2.45) is 0 Å². The van der Waals surface area contributed by atoms with Crippen molar-refractivity contribution < 1.29 is 27.4 Å². The number of halogens is 3. The molecule has 8 heteroatoms. The lowest BCUT2D eigenvalue weighted by Crippen LogP contribution is -2.25. The lowest BCUT2D eigenvalue weighted by molar-refractivity contribution is -0.137. The van der Waals surface area contributed by atoms with Crippen molar-refractivity contribution >= 4 is 0 Å². The minimum atomic E-state index is -4.43. The third kappa shape index (κ3) is 5.34. The molecule has 4 rings (SSSR count). The summed E-state index contributed by atoms with van der Waals surface area (Å²) in [6, 6.07) is 13.9. The van der Waals surface area contributed by atoms with Gasteiger partial charge in [0, 0.05) is 42.5 Å². The lowest BCUT2D eigenvalue weighted by atomic mass is 10.0. The first-order valence-electron chi connectivity index (χ1n) is 10.8. The maximum absolute atomic E-state index is 12.9. The van der Waals surface area contributed by atoms with Crippen LogP contribution in [0.1, 0.15) is 16.7 Å². The molecule has 0 fully saturated rings. The van der Waals surface area contributed by atoms with Crippen LogP contribution in [0.3, 0.4) is 0 Å². The summed E-state index contributed by atoms with van der Waals surface area (Å²) >= 11 is 0. The molecule has 0 saturated heterocycles. The molecule has 1 aromatic heterocycles. The summed E-state index contributed by atoms with van der Waals surface area (Å²) in [5.74, 6) is 1.95. The molecule has 0 radical (unpaired) electrons. The van der Waals surface area contributed by atoms with Gasteiger partial charge in [0.25, 0.3) is 0 Å². The largest absolute Gasteiger partial charge is 0.493 e. The molecule has 1 aliphatic heterocycles. The van der Waals surface area contributed by atoms with Crippen LogP contribution >= 0.6 is 0 Å². The Morgan fingerprint density at radius 2 is 1.97 bits per heavy atom. The molecule has 0 amide bonds. The van der Waals surface area contributed by atoms with Crippen molar-refractivity contribution in [2.45, 2.75) is 19.3 Å². The third-order valence-electron chi connectivity index (χ3n) is 5.51. The van der Waals surface area contributed by atoms with Gasteiger partial charge in [-0.15, -0.1) is 0 Å². The molecular formula is C26H25F3N2O3. The number of pyridine rings is 1. The fourth-order valence-electron chi connectivity index (χ4n) is 3.87. The Kier molecular flexibility index (Phi) is 7.07. The number of ether oxygens (including phenoxy) is 3. The third-order valence-corrected chi connectivity index (χ3v) is 5.51. The Labute approximate surface area is 196 Å². The Morgan fingerprint density at radius 1 is 1.15 bits per heavy atom. The highest BCUT2D eigenvalue weighted by Crippen LogP contribution is 2.39. The summed E-state index contributed by atoms with van der Waals surface area (Å²) in [7, 11) is 1.54. The average molecular weight is 470 g/mol. The van der Waals surface area contributed by atoms with Gasteiger partial charge in [-0.1, -0.05) is 30.9 Å². The molecule has 0 N–H and O–H groups in total. The lowest BCUT2D eigenvalue weighted by Gasteiger charge is -2.21. The minimum Gasteiger partial charge on any atom is -0.493 e. The SMILES string of the molecule is C=CCOc1ccccc1CN1CCOc2c(cc(-c3ccc(C(F)(F)F)cn3)cc2OC)C1. The van der Waals surface area contributed by atoms with Gasteiger partial charge in [-0.2, -0.15) is 13.2 Å². The summed E-state index contributed by atoms with van der Waals surface area (Å²) in [4.78, 5) is 6.26. The highest BCUT2D eigenvalue weighted by molar-refractivity contribution is 5.66. The van der Waals surface area contributed by atoms with Crippen LogP contribution < -0.4 is 14.2 Å². The molecule has 0 aliphatic carbocycles. The van der Waals surface area contributed by atoms with Gasteiger partial charge >= 0.3 is 6.18 Å². The van der Waals surface area contributed by atoms with E-state index in [4.69, 9.17) is 14.2 Å². The van der Waals surface area contributed by atoms with E-state index in [1.807, 2.05) is 30.3 Å². The van der Waals surface area contributed by atoms with Gasteiger partial charge in [-0.05, 0) is 30.3 Å². The van der Waals surface area contributed by atoms with Crippen molar-refractivity contribution in [3.05, 3.63) is 84.1 Å². The molecule has 3 aromatic rings. The Bertz CT molecular complexity index is 1150. The number of rotatable bonds is 7. The first-order valence-corrected chi connectivity index (χ1v) is 10.8. The molecule has 0 bridgehead atoms. The predicted octanol–water partition coefficient (Wildman–Crippen LogP) is 5.74. The van der Waals surface area contributed by atoms with Crippen LogP contribution in [0.2, 0.25) is 0 Å². The van der Waals surface area contributed by atoms with Gasteiger partial charge in [0.1, 0.15) is 19.0 Å². The normalized spacial score (nSPS) is 14.0. The van der Waals surface area contributed by atoms with E-state index < -0.39 is 11.7 Å². The molecule has 2 heterocycles. The number of alkyl halides is 3. The first kappa shape index (κ1) is 23.6. The number of hydrogen-bond acceptors (Lipinski definition) is 5. The fourth-order valence-corrected chi connectivity index (χ4v) is 3.87. The zero-order valence-electron chi connectivity index (χ0n) is 18.8. The summed E-state index contributed by atoms with van der Waals surface area (Å²) in [5.41, 5.74) is 2.21. The quantitative estimate of drug-likeness (QED) is 0.413. The van der Waals surface area contributed by atoms with Crippen molar-refractivity contribution in [2.75, 3.05) is 26.9 Å². The second-order valence-corrected chi connectivity index (χ2v) is 7.86. The van der Waals surface area contributed by atoms with Crippen molar-refractivity contribution in [3.8, 4) is 28.5 Å². The zero-order chi connectivity index (χ0) is 24.1. The van der Waals surface area contributed by atoms with Crippen LogP contribution in [0.5, 0.6) is 17.2 Å². The summed E-state index contributed by atoms with van der Waals surface area (Å²) in [6.07, 6.45) is -1.89. The van der Waals surface area contributed by atoms with E-state index in [1.165, 1.54) is 6.07 Å². The van der Waals surface area contributed by atoms with Gasteiger partial charge in [0.05, 0.1) is 18.4 Å². The molecule has 0 saturated carbocycles. The number of methoxy groups -OCH3 is 1. The second kappa shape index (κ2) is 10.2. The van der Waals surface area contributed by atoms with E-state index in [1.54, 1.807) is 19.3 Å². The van der Waals surface area contributed by atoms with E-state index in [0.29, 0.717) is 55.6 Å². The van der Waals surface area contributed by atoms with Crippen molar-refractivity contribution in [3.63, 3.8) is 0 Å². The number of para-hydroxylation sites is 1. The zero-order valence-corrected chi connectivity index (χ0v) is 18.8. The molecule has 0 atom stereocenters. The Hall–Kier alpha value is -3.52. The van der Waals surface area contributed by atoms with E-state index in [9.17, 15) is 13.2 Å². The van der Waals surface area contributed by atoms with Crippen LogP contribution in [0.25, 0.3) is 11.3 Å². The first-order chi connectivity index (χ1) is 16.4. The van der Waals surface area contributed by atoms with Crippen LogP contribution in [0.15, 0.2) is 67.4 Å². The molecule has 0 unspecified atom stereocenters. The topological polar surface area (TPSA) is 43.8 Å². The van der Waals surface area contributed by atoms with Crippen molar-refractivity contribution in [1.29, 1.82) is 0 Å². The fraction of sp³-hybridized carbons (Fsp3) is 0.269. The highest BCUT2D eigenvalue weighted by Gasteiger charge is 2.31. The van der Waals surface area contributed by atoms with E-state index in [0.717, 1.165) is 29.1 Å². The molecule has 2 aromatic carbocycles. The molecule has 1 aliphatic rings. The molecule has 34 heavy (non-hydrogen) atoms. The van der Waals surface area contributed by atoms with E-state index in [2.05, 4.69) is 16.5 Å². The second-order valence-electron chi connectivity index (χ2n) is 7.86. The van der Waals surface area contributed by atoms with Gasteiger partial charge in [-0.25, -0.2) is 0 Å². The van der Waals surface area contributed by atoms with E-state index in [-0.39, 0.29) is 0 Å². The number of hydrogen-bond donors (Lipinski definition) is 0. The summed E-state index contributed by atoms with van der Waals surface area (Å²) in [6.45, 7) is 6.48. The number of nitrogens with zero attached hydrogens (tertiary/aromatic N) is 2. The van der Waals surface area contributed by atoms with Crippen LogP contribution in [-0.4, -0.2) is 36.8 Å². The maximum Gasteiger partial charge on any atom is 0.417 e. The predicted molar refractivity (Wildman–Crippen MR) is 123 cm³/mol. The molecule has 5 nitrogen and oxygen atoms in total. The van der Waals surface area contributed by atoms with E-state index >= 15 is 0 Å². The minimum absolute atomic E-state index is 0.420. The number of aromatic nitrogens is 1. The number of benzene rings is 2. The van der Waals surface area contributed by atoms with Gasteiger partial charge < -0.3 is 14.2 Å². The molecule has 178 valence electrons. The molecular weight excluding hydrogens is 445 g/mol. The van der Waals surface area contributed by atoms with Crippen LogP contribution in [-0.2, 0) is 19.3 Å². The summed E-state index contributed by atoms with van der Waals surface area (Å²) < 4.78 is 56.1. The monoisotopic (exact) mass is 470 g/mol. The van der Waals surface area contributed by atoms with Crippen LogP contribution in [0, 0.1) is 0 Å². The number of fused-ring (bicyclic) bond motifs is 1. The van der Waals surface area contributed by atoms with Crippen LogP contribution in [0.4, 0.5) is 13.2 Å². The maximum atomic E-state index is 12.9. The van der Waals surface area contributed by atoms with Gasteiger partial charge in [0.2, 0.25) is 0 Å². The summed E-state index contributed by atoms with van der Waals surface area (Å²) in [5, 5.41) is 0. The Balaban J connectivity index is 1.62. The van der Waals surface area contributed by atoms with Gasteiger partial charge in [-0.3, -0.25) is 9.88 Å². The standard InChI is InChI=1S/C26H25F3N2O3/c1-3-11-33-23-7-5-4-6-18(23)16-31-10-12-34-25-20(17-31)13-19(14-24(25)32-2)22-9-8-21(15-30-22)26(27,28)29/h3-9,13-15H,1,10-12,16-17H2,2H3. The smallest absolute Gasteiger partial charge is 0.417 e. The highest BCUT2D eigenvalue weighted by atomic mass is 19.4. The average Bonchev–Trinajstić information content (AvgIpc) is 3.04. The van der Waals surface area contributed by atoms with Crippen molar-refractivity contribution in [1.82, 2.24) is 9.88 Å². The van der Waals surface area contributed by atoms with Gasteiger partial charge in [0.15, 0.2) is 11.5 Å². The Morgan fingerprint density at radius 3 is 2.68 bits per heavy atom.